The van der Waals surface area contributed by atoms with Gasteiger partial charge in [-0.25, -0.2) is 4.98 Å². The van der Waals surface area contributed by atoms with Crippen LogP contribution in [-0.4, -0.2) is 0 Å². The van der Waals surface area contributed by atoms with Crippen LogP contribution in [0.5, 0.6) is 0 Å². The topological polar surface area (TPSA) is 14.1 Å². The Morgan fingerprint density at radius 3 is 1.87 bits per heavy atom. The lowest BCUT2D eigenvalue weighted by Gasteiger charge is -1.91. The van der Waals surface area contributed by atoms with Gasteiger partial charge in [-0.15, -0.1) is 0 Å². The van der Waals surface area contributed by atoms with Crippen molar-refractivity contribution in [1.82, 2.24) is 0 Å². The normalized spacial score (nSPS) is 9.87. The highest BCUT2D eigenvalue weighted by molar-refractivity contribution is 5.68. The summed E-state index contributed by atoms with van der Waals surface area (Å²) in [6.45, 7) is 0. The van der Waals surface area contributed by atoms with Crippen LogP contribution in [0.3, 0.4) is 0 Å². The molecule has 0 bridgehead atoms. The third-order valence-electron chi connectivity index (χ3n) is 2.01. The van der Waals surface area contributed by atoms with Gasteiger partial charge in [0, 0.05) is 12.1 Å². The first kappa shape index (κ1) is 11.9. The fraction of sp³-hybridized carbons (Fsp3) is 0. The monoisotopic (exact) mass is 309 g/mol. The van der Waals surface area contributed by atoms with E-state index in [2.05, 4.69) is 29.3 Å². The molecular weight excluding hydrogens is 297 g/mol. The van der Waals surface area contributed by atoms with Crippen LogP contribution in [0.15, 0.2) is 54.9 Å². The molecule has 0 saturated carbocycles. The molecular formula is C13H12IN. The molecule has 1 aromatic heterocycles. The van der Waals surface area contributed by atoms with Gasteiger partial charge in [0.05, 0.1) is 0 Å². The zero-order chi connectivity index (χ0) is 9.64. The van der Waals surface area contributed by atoms with Gasteiger partial charge in [0.15, 0.2) is 12.4 Å². The quantitative estimate of drug-likeness (QED) is 0.675. The molecule has 76 valence electrons. The Bertz CT molecular complexity index is 368. The molecule has 2 rings (SSSR count). The molecule has 0 amide bonds. The smallest absolute Gasteiger partial charge is 0.167 e. The van der Waals surface area contributed by atoms with Gasteiger partial charge in [-0.2, -0.15) is 0 Å². The minimum Gasteiger partial charge on any atom is -1.00 e. The van der Waals surface area contributed by atoms with E-state index in [1.165, 1.54) is 11.1 Å². The van der Waals surface area contributed by atoms with E-state index in [1.807, 2.05) is 42.7 Å². The van der Waals surface area contributed by atoms with Crippen LogP contribution in [-0.2, 0) is 0 Å². The van der Waals surface area contributed by atoms with Crippen molar-refractivity contribution in [2.45, 2.75) is 0 Å². The summed E-state index contributed by atoms with van der Waals surface area (Å²) < 4.78 is 0. The molecule has 0 fully saturated rings. The Balaban J connectivity index is 0.00000112. The highest BCUT2D eigenvalue weighted by Gasteiger charge is 1.87. The third kappa shape index (κ3) is 3.83. The fourth-order valence-electron chi connectivity index (χ4n) is 1.27. The molecule has 0 unspecified atom stereocenters. The zero-order valence-corrected chi connectivity index (χ0v) is 10.4. The van der Waals surface area contributed by atoms with E-state index in [4.69, 9.17) is 0 Å². The van der Waals surface area contributed by atoms with Crippen LogP contribution in [0.25, 0.3) is 12.2 Å². The second-order valence-corrected chi connectivity index (χ2v) is 3.08. The standard InChI is InChI=1S/C13H11N.HI/c1-2-4-12(5-3-1)6-7-13-8-10-14-11-9-13;/h1-11H;1H/b7-6+;. The van der Waals surface area contributed by atoms with Crippen molar-refractivity contribution in [3.8, 4) is 0 Å². The predicted octanol–water partition coefficient (Wildman–Crippen LogP) is -0.325. The molecule has 0 radical (unpaired) electrons. The molecule has 0 spiro atoms. The Labute approximate surface area is 107 Å². The SMILES string of the molecule is C(=C\c1cc[nH+]cc1)/c1ccccc1.[I-]. The molecule has 1 heterocycles. The molecule has 0 aliphatic carbocycles. The van der Waals surface area contributed by atoms with Crippen LogP contribution in [0.1, 0.15) is 11.1 Å². The molecule has 1 nitrogen and oxygen atoms in total. The summed E-state index contributed by atoms with van der Waals surface area (Å²) in [6.07, 6.45) is 8.05. The van der Waals surface area contributed by atoms with Gasteiger partial charge < -0.3 is 24.0 Å². The van der Waals surface area contributed by atoms with Gasteiger partial charge in [0.25, 0.3) is 0 Å². The molecule has 1 aromatic carbocycles. The average molecular weight is 309 g/mol. The summed E-state index contributed by atoms with van der Waals surface area (Å²) in [7, 11) is 0. The largest absolute Gasteiger partial charge is 1.00 e. The van der Waals surface area contributed by atoms with Gasteiger partial charge in [-0.3, -0.25) is 0 Å². The number of hydrogen-bond acceptors (Lipinski definition) is 0. The first-order valence-electron chi connectivity index (χ1n) is 4.64. The number of pyridine rings is 1. The van der Waals surface area contributed by atoms with Crippen molar-refractivity contribution in [1.29, 1.82) is 0 Å². The fourth-order valence-corrected chi connectivity index (χ4v) is 1.27. The van der Waals surface area contributed by atoms with Crippen LogP contribution >= 0.6 is 0 Å². The number of aromatic nitrogens is 1. The van der Waals surface area contributed by atoms with E-state index in [1.54, 1.807) is 0 Å². The highest BCUT2D eigenvalue weighted by atomic mass is 127. The Hall–Kier alpha value is -1.16. The summed E-state index contributed by atoms with van der Waals surface area (Å²) in [5.41, 5.74) is 2.42. The Kier molecular flexibility index (Phi) is 5.04. The second kappa shape index (κ2) is 6.35. The Morgan fingerprint density at radius 1 is 0.733 bits per heavy atom. The number of nitrogens with one attached hydrogen (secondary N) is 1. The van der Waals surface area contributed by atoms with Gasteiger partial charge >= 0.3 is 0 Å². The predicted molar refractivity (Wildman–Crippen MR) is 58.4 cm³/mol. The third-order valence-corrected chi connectivity index (χ3v) is 2.01. The van der Waals surface area contributed by atoms with Crippen molar-refractivity contribution in [2.75, 3.05) is 0 Å². The molecule has 2 aromatic rings. The van der Waals surface area contributed by atoms with E-state index in [9.17, 15) is 0 Å². The number of H-pyrrole nitrogens is 1. The van der Waals surface area contributed by atoms with Crippen LogP contribution < -0.4 is 29.0 Å². The van der Waals surface area contributed by atoms with Crippen molar-refractivity contribution in [3.05, 3.63) is 66.0 Å². The number of benzene rings is 1. The number of hydrogen-bond donors (Lipinski definition) is 0. The molecule has 2 heteroatoms. The van der Waals surface area contributed by atoms with Gasteiger partial charge in [0.1, 0.15) is 0 Å². The lowest BCUT2D eigenvalue weighted by molar-refractivity contribution is -0.378. The van der Waals surface area contributed by atoms with Crippen molar-refractivity contribution >= 4 is 12.2 Å². The Morgan fingerprint density at radius 2 is 1.27 bits per heavy atom. The number of rotatable bonds is 2. The maximum atomic E-state index is 3.00. The maximum Gasteiger partial charge on any atom is 0.167 e. The summed E-state index contributed by atoms with van der Waals surface area (Å²) in [5.74, 6) is 0. The lowest BCUT2D eigenvalue weighted by Crippen LogP contribution is -3.00. The van der Waals surface area contributed by atoms with Crippen molar-refractivity contribution in [2.24, 2.45) is 0 Å². The van der Waals surface area contributed by atoms with Crippen molar-refractivity contribution < 1.29 is 29.0 Å². The zero-order valence-electron chi connectivity index (χ0n) is 8.23. The van der Waals surface area contributed by atoms with E-state index in [-0.39, 0.29) is 24.0 Å². The first-order valence-corrected chi connectivity index (χ1v) is 4.64. The maximum absolute atomic E-state index is 3.00. The van der Waals surface area contributed by atoms with E-state index in [0.717, 1.165) is 0 Å². The van der Waals surface area contributed by atoms with E-state index < -0.39 is 0 Å². The molecule has 1 N–H and O–H groups in total. The minimum absolute atomic E-state index is 0. The second-order valence-electron chi connectivity index (χ2n) is 3.08. The van der Waals surface area contributed by atoms with Crippen LogP contribution in [0.4, 0.5) is 0 Å². The van der Waals surface area contributed by atoms with E-state index >= 15 is 0 Å². The number of aromatic amines is 1. The highest BCUT2D eigenvalue weighted by Crippen LogP contribution is 2.05. The van der Waals surface area contributed by atoms with E-state index in [0.29, 0.717) is 0 Å². The molecule has 0 atom stereocenters. The lowest BCUT2D eigenvalue weighted by atomic mass is 10.2. The number of halogens is 1. The first-order chi connectivity index (χ1) is 6.95. The molecule has 0 aliphatic heterocycles. The van der Waals surface area contributed by atoms with Crippen molar-refractivity contribution in [3.63, 3.8) is 0 Å². The van der Waals surface area contributed by atoms with Crippen LogP contribution in [0, 0.1) is 0 Å². The summed E-state index contributed by atoms with van der Waals surface area (Å²) in [6, 6.07) is 14.4. The van der Waals surface area contributed by atoms with Gasteiger partial charge in [0.2, 0.25) is 0 Å². The average Bonchev–Trinajstić information content (AvgIpc) is 2.29. The van der Waals surface area contributed by atoms with Gasteiger partial charge in [-0.1, -0.05) is 42.5 Å². The van der Waals surface area contributed by atoms with Crippen LogP contribution in [0.2, 0.25) is 0 Å². The summed E-state index contributed by atoms with van der Waals surface area (Å²) >= 11 is 0. The molecule has 0 aliphatic rings. The summed E-state index contributed by atoms with van der Waals surface area (Å²) in [5, 5.41) is 0. The molecule has 0 saturated heterocycles. The summed E-state index contributed by atoms with van der Waals surface area (Å²) in [4.78, 5) is 3.00. The molecule has 15 heavy (non-hydrogen) atoms. The minimum atomic E-state index is 0. The van der Waals surface area contributed by atoms with Gasteiger partial charge in [-0.05, 0) is 11.1 Å².